The molecule has 1 aliphatic rings. The summed E-state index contributed by atoms with van der Waals surface area (Å²) in [7, 11) is 0. The summed E-state index contributed by atoms with van der Waals surface area (Å²) in [6, 6.07) is 10.1. The van der Waals surface area contributed by atoms with Gasteiger partial charge in [-0.05, 0) is 37.2 Å². The van der Waals surface area contributed by atoms with E-state index in [2.05, 4.69) is 4.99 Å². The maximum Gasteiger partial charge on any atom is 0.306 e. The first-order valence-electron chi connectivity index (χ1n) is 6.53. The van der Waals surface area contributed by atoms with Gasteiger partial charge in [0.2, 0.25) is 0 Å². The number of carboxylic acids is 1. The van der Waals surface area contributed by atoms with Crippen molar-refractivity contribution in [2.45, 2.75) is 25.7 Å². The van der Waals surface area contributed by atoms with E-state index in [0.29, 0.717) is 5.92 Å². The van der Waals surface area contributed by atoms with E-state index in [1.807, 2.05) is 36.5 Å². The first-order chi connectivity index (χ1) is 8.75. The SMILES string of the molecule is O=C(O)C1CCC(C/N=C/c2ccccc2)CC1. The second-order valence-electron chi connectivity index (χ2n) is 4.96. The molecule has 0 aromatic heterocycles. The Hall–Kier alpha value is -1.64. The number of aliphatic carboxylic acids is 1. The summed E-state index contributed by atoms with van der Waals surface area (Å²) in [5.74, 6) is -0.207. The van der Waals surface area contributed by atoms with Crippen LogP contribution in [0.15, 0.2) is 35.3 Å². The number of hydrogen-bond acceptors (Lipinski definition) is 2. The second-order valence-corrected chi connectivity index (χ2v) is 4.96. The molecule has 0 bridgehead atoms. The van der Waals surface area contributed by atoms with E-state index in [0.717, 1.165) is 37.8 Å². The van der Waals surface area contributed by atoms with Gasteiger partial charge in [0, 0.05) is 12.8 Å². The largest absolute Gasteiger partial charge is 0.481 e. The number of hydrogen-bond donors (Lipinski definition) is 1. The minimum absolute atomic E-state index is 0.126. The molecule has 0 radical (unpaired) electrons. The lowest BCUT2D eigenvalue weighted by molar-refractivity contribution is -0.143. The van der Waals surface area contributed by atoms with Crippen LogP contribution in [0.2, 0.25) is 0 Å². The molecule has 1 fully saturated rings. The van der Waals surface area contributed by atoms with Crippen molar-refractivity contribution in [3.8, 4) is 0 Å². The van der Waals surface area contributed by atoms with Crippen LogP contribution in [0.5, 0.6) is 0 Å². The molecule has 3 heteroatoms. The Balaban J connectivity index is 1.76. The third-order valence-corrected chi connectivity index (χ3v) is 3.60. The van der Waals surface area contributed by atoms with E-state index in [1.54, 1.807) is 0 Å². The van der Waals surface area contributed by atoms with E-state index in [1.165, 1.54) is 0 Å². The summed E-state index contributed by atoms with van der Waals surface area (Å²) in [6.07, 6.45) is 5.50. The van der Waals surface area contributed by atoms with E-state index >= 15 is 0 Å². The van der Waals surface area contributed by atoms with Gasteiger partial charge in [-0.2, -0.15) is 0 Å². The molecule has 2 rings (SSSR count). The second kappa shape index (κ2) is 6.34. The van der Waals surface area contributed by atoms with Gasteiger partial charge in [-0.3, -0.25) is 9.79 Å². The van der Waals surface area contributed by atoms with Crippen molar-refractivity contribution in [2.75, 3.05) is 6.54 Å². The molecule has 0 atom stereocenters. The normalized spacial score (nSPS) is 24.2. The molecular weight excluding hydrogens is 226 g/mol. The minimum atomic E-state index is -0.638. The quantitative estimate of drug-likeness (QED) is 0.829. The Morgan fingerprint density at radius 3 is 2.50 bits per heavy atom. The lowest BCUT2D eigenvalue weighted by Crippen LogP contribution is -2.22. The molecule has 3 nitrogen and oxygen atoms in total. The number of benzene rings is 1. The third-order valence-electron chi connectivity index (χ3n) is 3.60. The molecule has 96 valence electrons. The van der Waals surface area contributed by atoms with Gasteiger partial charge in [-0.1, -0.05) is 30.3 Å². The zero-order valence-corrected chi connectivity index (χ0v) is 10.5. The van der Waals surface area contributed by atoms with Crippen LogP contribution in [0, 0.1) is 11.8 Å². The molecular formula is C15H19NO2. The maximum absolute atomic E-state index is 10.8. The fourth-order valence-electron chi connectivity index (χ4n) is 2.44. The van der Waals surface area contributed by atoms with E-state index < -0.39 is 5.97 Å². The third kappa shape index (κ3) is 3.69. The molecule has 0 unspecified atom stereocenters. The van der Waals surface area contributed by atoms with Crippen molar-refractivity contribution in [3.05, 3.63) is 35.9 Å². The number of carboxylic acid groups (broad SMARTS) is 1. The highest BCUT2D eigenvalue weighted by molar-refractivity contribution is 5.79. The summed E-state index contributed by atoms with van der Waals surface area (Å²) >= 11 is 0. The molecule has 0 saturated heterocycles. The fraction of sp³-hybridized carbons (Fsp3) is 0.467. The first-order valence-corrected chi connectivity index (χ1v) is 6.53. The number of nitrogens with zero attached hydrogens (tertiary/aromatic N) is 1. The highest BCUT2D eigenvalue weighted by Crippen LogP contribution is 2.28. The highest BCUT2D eigenvalue weighted by atomic mass is 16.4. The number of aliphatic imine (C=N–C) groups is 1. The fourth-order valence-corrected chi connectivity index (χ4v) is 2.44. The molecule has 0 aliphatic heterocycles. The molecule has 0 amide bonds. The number of carbonyl (C=O) groups is 1. The lowest BCUT2D eigenvalue weighted by Gasteiger charge is -2.24. The monoisotopic (exact) mass is 245 g/mol. The smallest absolute Gasteiger partial charge is 0.306 e. The molecule has 1 aromatic rings. The maximum atomic E-state index is 10.8. The zero-order chi connectivity index (χ0) is 12.8. The Labute approximate surface area is 108 Å². The average Bonchev–Trinajstić information content (AvgIpc) is 2.40. The van der Waals surface area contributed by atoms with Crippen LogP contribution in [0.3, 0.4) is 0 Å². The van der Waals surface area contributed by atoms with Crippen LogP contribution >= 0.6 is 0 Å². The average molecular weight is 245 g/mol. The van der Waals surface area contributed by atoms with Crippen molar-refractivity contribution in [1.82, 2.24) is 0 Å². The van der Waals surface area contributed by atoms with Gasteiger partial charge in [0.05, 0.1) is 5.92 Å². The van der Waals surface area contributed by atoms with Crippen LogP contribution in [0.25, 0.3) is 0 Å². The minimum Gasteiger partial charge on any atom is -0.481 e. The van der Waals surface area contributed by atoms with E-state index in [-0.39, 0.29) is 5.92 Å². The van der Waals surface area contributed by atoms with Crippen LogP contribution in [0.1, 0.15) is 31.2 Å². The summed E-state index contributed by atoms with van der Waals surface area (Å²) in [6.45, 7) is 0.821. The number of rotatable bonds is 4. The standard InChI is InChI=1S/C15H19NO2/c17-15(18)14-8-6-13(7-9-14)11-16-10-12-4-2-1-3-5-12/h1-5,10,13-14H,6-9,11H2,(H,17,18)/b16-10+. The van der Waals surface area contributed by atoms with Crippen LogP contribution in [-0.4, -0.2) is 23.8 Å². The Bertz CT molecular complexity index is 406. The van der Waals surface area contributed by atoms with Gasteiger partial charge in [0.15, 0.2) is 0 Å². The Morgan fingerprint density at radius 1 is 1.22 bits per heavy atom. The predicted octanol–water partition coefficient (Wildman–Crippen LogP) is 3.00. The molecule has 1 N–H and O–H groups in total. The van der Waals surface area contributed by atoms with Crippen molar-refractivity contribution in [1.29, 1.82) is 0 Å². The Kier molecular flexibility index (Phi) is 4.51. The lowest BCUT2D eigenvalue weighted by atomic mass is 9.82. The predicted molar refractivity (Wildman–Crippen MR) is 72.0 cm³/mol. The molecule has 1 aliphatic carbocycles. The van der Waals surface area contributed by atoms with E-state index in [4.69, 9.17) is 5.11 Å². The van der Waals surface area contributed by atoms with Gasteiger partial charge < -0.3 is 5.11 Å². The molecule has 0 heterocycles. The van der Waals surface area contributed by atoms with Gasteiger partial charge in [-0.15, -0.1) is 0 Å². The van der Waals surface area contributed by atoms with Crippen molar-refractivity contribution < 1.29 is 9.90 Å². The molecule has 18 heavy (non-hydrogen) atoms. The molecule has 1 saturated carbocycles. The highest BCUT2D eigenvalue weighted by Gasteiger charge is 2.25. The summed E-state index contributed by atoms with van der Waals surface area (Å²) in [5, 5.41) is 8.92. The van der Waals surface area contributed by atoms with Gasteiger partial charge in [-0.25, -0.2) is 0 Å². The van der Waals surface area contributed by atoms with Crippen molar-refractivity contribution >= 4 is 12.2 Å². The van der Waals surface area contributed by atoms with Crippen LogP contribution in [-0.2, 0) is 4.79 Å². The van der Waals surface area contributed by atoms with E-state index in [9.17, 15) is 4.79 Å². The molecule has 0 spiro atoms. The summed E-state index contributed by atoms with van der Waals surface area (Å²) in [4.78, 5) is 15.3. The Morgan fingerprint density at radius 2 is 1.89 bits per heavy atom. The zero-order valence-electron chi connectivity index (χ0n) is 10.5. The van der Waals surface area contributed by atoms with Crippen molar-refractivity contribution in [3.63, 3.8) is 0 Å². The van der Waals surface area contributed by atoms with Crippen molar-refractivity contribution in [2.24, 2.45) is 16.8 Å². The van der Waals surface area contributed by atoms with Crippen LogP contribution < -0.4 is 0 Å². The summed E-state index contributed by atoms with van der Waals surface area (Å²) in [5.41, 5.74) is 1.12. The topological polar surface area (TPSA) is 49.7 Å². The van der Waals surface area contributed by atoms with Gasteiger partial charge >= 0.3 is 5.97 Å². The van der Waals surface area contributed by atoms with Gasteiger partial charge in [0.1, 0.15) is 0 Å². The van der Waals surface area contributed by atoms with Gasteiger partial charge in [0.25, 0.3) is 0 Å². The molecule has 1 aromatic carbocycles. The summed E-state index contributed by atoms with van der Waals surface area (Å²) < 4.78 is 0. The first kappa shape index (κ1) is 12.8. The van der Waals surface area contributed by atoms with Crippen LogP contribution in [0.4, 0.5) is 0 Å².